The van der Waals surface area contributed by atoms with Crippen LogP contribution in [0.5, 0.6) is 0 Å². The molecular formula is C15H17BrN2OS. The molecule has 1 aromatic heterocycles. The van der Waals surface area contributed by atoms with Crippen molar-refractivity contribution in [3.05, 3.63) is 56.7 Å². The van der Waals surface area contributed by atoms with E-state index in [9.17, 15) is 4.79 Å². The number of benzene rings is 1. The molecule has 0 aliphatic heterocycles. The number of nitrogens with one attached hydrogen (secondary N) is 1. The standard InChI is InChI=1S/C15H17BrN2OS/c1-15(17,11-4-6-12(16)7-5-11)14(19)18-9-8-13-3-2-10-20-13/h2-7,10H,8-9,17H2,1H3,(H,18,19). The van der Waals surface area contributed by atoms with Crippen LogP contribution in [0.25, 0.3) is 0 Å². The summed E-state index contributed by atoms with van der Waals surface area (Å²) in [6, 6.07) is 11.6. The number of carbonyl (C=O) groups is 1. The van der Waals surface area contributed by atoms with Crippen LogP contribution in [0.1, 0.15) is 17.4 Å². The van der Waals surface area contributed by atoms with Gasteiger partial charge in [0.25, 0.3) is 0 Å². The van der Waals surface area contributed by atoms with E-state index in [1.807, 2.05) is 35.7 Å². The van der Waals surface area contributed by atoms with Gasteiger partial charge in [0.1, 0.15) is 5.54 Å². The highest BCUT2D eigenvalue weighted by atomic mass is 79.9. The SMILES string of the molecule is CC(N)(C(=O)NCCc1cccs1)c1ccc(Br)cc1. The molecule has 0 aliphatic carbocycles. The van der Waals surface area contributed by atoms with Crippen LogP contribution in [0.3, 0.4) is 0 Å². The fourth-order valence-electron chi connectivity index (χ4n) is 1.86. The maximum atomic E-state index is 12.2. The van der Waals surface area contributed by atoms with Gasteiger partial charge in [0.2, 0.25) is 5.91 Å². The van der Waals surface area contributed by atoms with Gasteiger partial charge in [-0.25, -0.2) is 0 Å². The first-order chi connectivity index (χ1) is 9.50. The predicted octanol–water partition coefficient (Wildman–Crippen LogP) is 3.04. The molecule has 0 aliphatic rings. The smallest absolute Gasteiger partial charge is 0.244 e. The van der Waals surface area contributed by atoms with Crippen molar-refractivity contribution < 1.29 is 4.79 Å². The zero-order valence-corrected chi connectivity index (χ0v) is 13.6. The fourth-order valence-corrected chi connectivity index (χ4v) is 2.84. The van der Waals surface area contributed by atoms with E-state index >= 15 is 0 Å². The van der Waals surface area contributed by atoms with Crippen LogP contribution < -0.4 is 11.1 Å². The topological polar surface area (TPSA) is 55.1 Å². The third kappa shape index (κ3) is 3.69. The maximum absolute atomic E-state index is 12.2. The quantitative estimate of drug-likeness (QED) is 0.868. The average Bonchev–Trinajstić information content (AvgIpc) is 2.92. The van der Waals surface area contributed by atoms with Crippen molar-refractivity contribution in [2.45, 2.75) is 18.9 Å². The molecule has 3 N–H and O–H groups in total. The Labute approximate surface area is 131 Å². The Morgan fingerprint density at radius 3 is 2.65 bits per heavy atom. The van der Waals surface area contributed by atoms with E-state index in [1.165, 1.54) is 4.88 Å². The van der Waals surface area contributed by atoms with Crippen molar-refractivity contribution in [1.29, 1.82) is 0 Å². The monoisotopic (exact) mass is 352 g/mol. The fraction of sp³-hybridized carbons (Fsp3) is 0.267. The molecular weight excluding hydrogens is 336 g/mol. The Balaban J connectivity index is 1.94. The van der Waals surface area contributed by atoms with Crippen LogP contribution in [0, 0.1) is 0 Å². The molecule has 20 heavy (non-hydrogen) atoms. The molecule has 3 nitrogen and oxygen atoms in total. The van der Waals surface area contributed by atoms with Gasteiger partial charge >= 0.3 is 0 Å². The van der Waals surface area contributed by atoms with E-state index in [1.54, 1.807) is 18.3 Å². The van der Waals surface area contributed by atoms with Crippen molar-refractivity contribution in [2.24, 2.45) is 5.73 Å². The van der Waals surface area contributed by atoms with Crippen LogP contribution in [-0.2, 0) is 16.8 Å². The minimum absolute atomic E-state index is 0.156. The molecule has 1 amide bonds. The molecule has 5 heteroatoms. The lowest BCUT2D eigenvalue weighted by molar-refractivity contribution is -0.126. The summed E-state index contributed by atoms with van der Waals surface area (Å²) in [4.78, 5) is 13.5. The number of halogens is 1. The van der Waals surface area contributed by atoms with Crippen LogP contribution in [0.4, 0.5) is 0 Å². The number of carbonyl (C=O) groups excluding carboxylic acids is 1. The Morgan fingerprint density at radius 1 is 1.35 bits per heavy atom. The highest BCUT2D eigenvalue weighted by molar-refractivity contribution is 9.10. The number of amides is 1. The number of nitrogens with two attached hydrogens (primary N) is 1. The Hall–Kier alpha value is -1.17. The van der Waals surface area contributed by atoms with Crippen molar-refractivity contribution in [3.8, 4) is 0 Å². The van der Waals surface area contributed by atoms with Crippen LogP contribution in [0.2, 0.25) is 0 Å². The molecule has 0 bridgehead atoms. The summed E-state index contributed by atoms with van der Waals surface area (Å²) in [6.45, 7) is 2.33. The second kappa shape index (κ2) is 6.52. The number of rotatable bonds is 5. The Morgan fingerprint density at radius 2 is 2.05 bits per heavy atom. The lowest BCUT2D eigenvalue weighted by Crippen LogP contribution is -2.49. The van der Waals surface area contributed by atoms with E-state index in [0.717, 1.165) is 16.5 Å². The van der Waals surface area contributed by atoms with Gasteiger partial charge in [0, 0.05) is 15.9 Å². The summed E-state index contributed by atoms with van der Waals surface area (Å²) >= 11 is 5.07. The van der Waals surface area contributed by atoms with Crippen LogP contribution in [0.15, 0.2) is 46.3 Å². The molecule has 2 rings (SSSR count). The summed E-state index contributed by atoms with van der Waals surface area (Å²) in [5.74, 6) is -0.156. The second-order valence-electron chi connectivity index (χ2n) is 4.79. The van der Waals surface area contributed by atoms with Gasteiger partial charge < -0.3 is 11.1 Å². The first kappa shape index (κ1) is 15.2. The summed E-state index contributed by atoms with van der Waals surface area (Å²) in [6.07, 6.45) is 0.833. The zero-order chi connectivity index (χ0) is 14.6. The third-order valence-electron chi connectivity index (χ3n) is 3.15. The summed E-state index contributed by atoms with van der Waals surface area (Å²) in [5, 5.41) is 4.94. The first-order valence-electron chi connectivity index (χ1n) is 6.36. The molecule has 1 aromatic carbocycles. The normalized spacial score (nSPS) is 13.8. The largest absolute Gasteiger partial charge is 0.354 e. The minimum atomic E-state index is -1.02. The van der Waals surface area contributed by atoms with Crippen molar-refractivity contribution in [1.82, 2.24) is 5.32 Å². The van der Waals surface area contributed by atoms with Crippen LogP contribution in [-0.4, -0.2) is 12.5 Å². The molecule has 0 fully saturated rings. The molecule has 1 atom stereocenters. The lowest BCUT2D eigenvalue weighted by atomic mass is 9.92. The van der Waals surface area contributed by atoms with E-state index in [0.29, 0.717) is 6.54 Å². The molecule has 0 radical (unpaired) electrons. The minimum Gasteiger partial charge on any atom is -0.354 e. The highest BCUT2D eigenvalue weighted by Crippen LogP contribution is 2.20. The summed E-state index contributed by atoms with van der Waals surface area (Å²) in [7, 11) is 0. The molecule has 1 heterocycles. The summed E-state index contributed by atoms with van der Waals surface area (Å²) < 4.78 is 0.968. The second-order valence-corrected chi connectivity index (χ2v) is 6.74. The molecule has 0 saturated carbocycles. The Bertz CT molecular complexity index is 564. The van der Waals surface area contributed by atoms with Crippen molar-refractivity contribution in [2.75, 3.05) is 6.54 Å². The average molecular weight is 353 g/mol. The molecule has 2 aromatic rings. The van der Waals surface area contributed by atoms with Crippen LogP contribution >= 0.6 is 27.3 Å². The van der Waals surface area contributed by atoms with Gasteiger partial charge in [-0.05, 0) is 42.5 Å². The van der Waals surface area contributed by atoms with Gasteiger partial charge in [-0.2, -0.15) is 0 Å². The van der Waals surface area contributed by atoms with Gasteiger partial charge in [-0.1, -0.05) is 34.1 Å². The zero-order valence-electron chi connectivity index (χ0n) is 11.2. The molecule has 0 saturated heterocycles. The lowest BCUT2D eigenvalue weighted by Gasteiger charge is -2.24. The molecule has 106 valence electrons. The highest BCUT2D eigenvalue weighted by Gasteiger charge is 2.29. The van der Waals surface area contributed by atoms with E-state index in [-0.39, 0.29) is 5.91 Å². The van der Waals surface area contributed by atoms with E-state index < -0.39 is 5.54 Å². The number of hydrogen-bond donors (Lipinski definition) is 2. The van der Waals surface area contributed by atoms with Gasteiger partial charge in [0.15, 0.2) is 0 Å². The maximum Gasteiger partial charge on any atom is 0.244 e. The number of thiophene rings is 1. The molecule has 0 spiro atoms. The van der Waals surface area contributed by atoms with Crippen molar-refractivity contribution in [3.63, 3.8) is 0 Å². The van der Waals surface area contributed by atoms with Gasteiger partial charge in [-0.15, -0.1) is 11.3 Å². The van der Waals surface area contributed by atoms with E-state index in [2.05, 4.69) is 27.3 Å². The molecule has 1 unspecified atom stereocenters. The van der Waals surface area contributed by atoms with E-state index in [4.69, 9.17) is 5.73 Å². The predicted molar refractivity (Wildman–Crippen MR) is 86.7 cm³/mol. The Kier molecular flexibility index (Phi) is 4.96. The summed E-state index contributed by atoms with van der Waals surface area (Å²) in [5.41, 5.74) is 5.95. The number of hydrogen-bond acceptors (Lipinski definition) is 3. The van der Waals surface area contributed by atoms with Crippen molar-refractivity contribution >= 4 is 33.2 Å². The van der Waals surface area contributed by atoms with Gasteiger partial charge in [-0.3, -0.25) is 4.79 Å². The third-order valence-corrected chi connectivity index (χ3v) is 4.62. The van der Waals surface area contributed by atoms with Gasteiger partial charge in [0.05, 0.1) is 0 Å². The first-order valence-corrected chi connectivity index (χ1v) is 8.03.